The average Bonchev–Trinajstić information content (AvgIpc) is 3.26. The van der Waals surface area contributed by atoms with Crippen molar-refractivity contribution in [3.05, 3.63) is 107 Å². The summed E-state index contributed by atoms with van der Waals surface area (Å²) in [6.45, 7) is 7.71. The Balaban J connectivity index is 0.000000160. The van der Waals surface area contributed by atoms with Crippen LogP contribution in [0.3, 0.4) is 0 Å². The van der Waals surface area contributed by atoms with Crippen LogP contribution < -0.4 is 0 Å². The molecule has 0 spiro atoms. The first kappa shape index (κ1) is 26.8. The van der Waals surface area contributed by atoms with Crippen molar-refractivity contribution in [2.75, 3.05) is 0 Å². The van der Waals surface area contributed by atoms with Gasteiger partial charge < -0.3 is 19.0 Å². The van der Waals surface area contributed by atoms with E-state index < -0.39 is 0 Å². The molecule has 1 saturated carbocycles. The van der Waals surface area contributed by atoms with E-state index in [4.69, 9.17) is 9.05 Å². The highest BCUT2D eigenvalue weighted by Gasteiger charge is 2.35. The maximum absolute atomic E-state index is 13.4. The molecule has 43 heavy (non-hydrogen) atoms. The van der Waals surface area contributed by atoms with Gasteiger partial charge in [0.1, 0.15) is 28.6 Å². The lowest BCUT2D eigenvalue weighted by atomic mass is 9.87. The largest absolute Gasteiger partial charge is 0.361 e. The molecule has 9 heteroatoms. The summed E-state index contributed by atoms with van der Waals surface area (Å²) in [6, 6.07) is 13.2. The fraction of sp³-hybridized carbons (Fsp3) is 0.235. The molecule has 7 aromatic rings. The number of halogens is 1. The Morgan fingerprint density at radius 2 is 1.42 bits per heavy atom. The Morgan fingerprint density at radius 1 is 0.791 bits per heavy atom. The number of aromatic nitrogens is 6. The van der Waals surface area contributed by atoms with Crippen LogP contribution in [0.1, 0.15) is 52.8 Å². The zero-order valence-corrected chi connectivity index (χ0v) is 24.4. The number of benzene rings is 1. The molecule has 0 aliphatic heterocycles. The van der Waals surface area contributed by atoms with Gasteiger partial charge in [-0.3, -0.25) is 0 Å². The van der Waals surface area contributed by atoms with Crippen molar-refractivity contribution in [2.45, 2.75) is 46.5 Å². The SMILES string of the molecule is Cc1noc(C)c1-c1cnc2[nH]cc(C(c3ccc(F)cc3)C3CC3)c2c1.Cc1noc(C)c1-c1cnc2[nH]ccc2c1. The molecule has 1 aromatic carbocycles. The molecule has 1 aliphatic carbocycles. The molecule has 2 N–H and O–H groups in total. The number of H-pyrrole nitrogens is 2. The molecule has 1 atom stereocenters. The third kappa shape index (κ3) is 5.01. The van der Waals surface area contributed by atoms with E-state index >= 15 is 0 Å². The summed E-state index contributed by atoms with van der Waals surface area (Å²) in [7, 11) is 0. The van der Waals surface area contributed by atoms with Gasteiger partial charge in [-0.15, -0.1) is 0 Å². The van der Waals surface area contributed by atoms with Crippen LogP contribution in [0.2, 0.25) is 0 Å². The molecule has 1 unspecified atom stereocenters. The molecule has 6 heterocycles. The molecule has 1 aliphatic rings. The minimum Gasteiger partial charge on any atom is -0.361 e. The minimum atomic E-state index is -0.199. The van der Waals surface area contributed by atoms with Crippen molar-refractivity contribution in [3.8, 4) is 22.3 Å². The molecule has 8 nitrogen and oxygen atoms in total. The number of pyridine rings is 2. The summed E-state index contributed by atoms with van der Waals surface area (Å²) >= 11 is 0. The number of nitrogens with zero attached hydrogens (tertiary/aromatic N) is 4. The van der Waals surface area contributed by atoms with Gasteiger partial charge in [-0.25, -0.2) is 14.4 Å². The quantitative estimate of drug-likeness (QED) is 0.214. The fourth-order valence-corrected chi connectivity index (χ4v) is 6.09. The Morgan fingerprint density at radius 3 is 2.02 bits per heavy atom. The molecular formula is C34H31FN6O2. The highest BCUT2D eigenvalue weighted by atomic mass is 19.1. The summed E-state index contributed by atoms with van der Waals surface area (Å²) < 4.78 is 23.9. The lowest BCUT2D eigenvalue weighted by Crippen LogP contribution is -2.03. The van der Waals surface area contributed by atoms with E-state index in [9.17, 15) is 4.39 Å². The predicted octanol–water partition coefficient (Wildman–Crippen LogP) is 8.35. The highest BCUT2D eigenvalue weighted by Crippen LogP contribution is 2.48. The average molecular weight is 575 g/mol. The summed E-state index contributed by atoms with van der Waals surface area (Å²) in [5.74, 6) is 2.27. The molecule has 1 fully saturated rings. The minimum absolute atomic E-state index is 0.199. The topological polar surface area (TPSA) is 109 Å². The van der Waals surface area contributed by atoms with Gasteiger partial charge in [0.05, 0.1) is 11.4 Å². The predicted molar refractivity (Wildman–Crippen MR) is 163 cm³/mol. The number of aryl methyl sites for hydroxylation is 4. The van der Waals surface area contributed by atoms with Crippen molar-refractivity contribution in [3.63, 3.8) is 0 Å². The van der Waals surface area contributed by atoms with E-state index in [1.807, 2.05) is 64.5 Å². The van der Waals surface area contributed by atoms with Crippen LogP contribution in [0.25, 0.3) is 44.3 Å². The van der Waals surface area contributed by atoms with Crippen molar-refractivity contribution in [2.24, 2.45) is 5.92 Å². The van der Waals surface area contributed by atoms with Crippen LogP contribution in [0.4, 0.5) is 4.39 Å². The van der Waals surface area contributed by atoms with Gasteiger partial charge in [0, 0.05) is 63.7 Å². The second-order valence-corrected chi connectivity index (χ2v) is 11.3. The molecule has 6 aromatic heterocycles. The van der Waals surface area contributed by atoms with Gasteiger partial charge >= 0.3 is 0 Å². The first-order chi connectivity index (χ1) is 20.9. The summed E-state index contributed by atoms with van der Waals surface area (Å²) in [4.78, 5) is 15.4. The lowest BCUT2D eigenvalue weighted by molar-refractivity contribution is 0.393. The van der Waals surface area contributed by atoms with Crippen molar-refractivity contribution < 1.29 is 13.4 Å². The molecule has 0 bridgehead atoms. The zero-order chi connectivity index (χ0) is 29.7. The Bertz CT molecular complexity index is 2020. The zero-order valence-electron chi connectivity index (χ0n) is 24.4. The van der Waals surface area contributed by atoms with Crippen molar-refractivity contribution in [1.82, 2.24) is 30.2 Å². The number of nitrogens with one attached hydrogen (secondary N) is 2. The van der Waals surface area contributed by atoms with Crippen molar-refractivity contribution >= 4 is 22.1 Å². The van der Waals surface area contributed by atoms with Crippen LogP contribution in [-0.2, 0) is 0 Å². The molecular weight excluding hydrogens is 543 g/mol. The molecule has 8 rings (SSSR count). The number of rotatable bonds is 5. The van der Waals surface area contributed by atoms with E-state index in [-0.39, 0.29) is 11.7 Å². The normalized spacial score (nSPS) is 13.8. The number of fused-ring (bicyclic) bond motifs is 2. The number of aromatic amines is 2. The van der Waals surface area contributed by atoms with E-state index in [0.29, 0.717) is 5.92 Å². The van der Waals surface area contributed by atoms with Crippen molar-refractivity contribution in [1.29, 1.82) is 0 Å². The smallest absolute Gasteiger partial charge is 0.141 e. The lowest BCUT2D eigenvalue weighted by Gasteiger charge is -2.16. The molecule has 0 radical (unpaired) electrons. The third-order valence-corrected chi connectivity index (χ3v) is 8.26. The maximum Gasteiger partial charge on any atom is 0.141 e. The van der Waals surface area contributed by atoms with Gasteiger partial charge in [-0.05, 0) is 87.9 Å². The summed E-state index contributed by atoms with van der Waals surface area (Å²) in [5.41, 5.74) is 10.00. The van der Waals surface area contributed by atoms with Gasteiger partial charge in [0.15, 0.2) is 0 Å². The van der Waals surface area contributed by atoms with Crippen LogP contribution in [0, 0.1) is 39.4 Å². The standard InChI is InChI=1S/C22H20FN3O.C12H11N3O/c1-12-20(13(2)27-26-12)16-9-18-19(11-25-22(18)24-10-16)21(14-3-4-14)15-5-7-17(23)8-6-15;1-7-11(8(2)16-15-7)10-5-9-3-4-13-12(9)14-6-10/h5-11,14,21H,3-4H2,1-2H3,(H,24,25);3-6H,1-2H3,(H,13,14). The van der Waals surface area contributed by atoms with Gasteiger partial charge in [0.2, 0.25) is 0 Å². The van der Waals surface area contributed by atoms with Crippen LogP contribution in [0.5, 0.6) is 0 Å². The molecule has 216 valence electrons. The molecule has 0 saturated heterocycles. The van der Waals surface area contributed by atoms with E-state index in [0.717, 1.165) is 72.8 Å². The van der Waals surface area contributed by atoms with E-state index in [1.54, 1.807) is 12.1 Å². The van der Waals surface area contributed by atoms with Gasteiger partial charge in [-0.1, -0.05) is 22.4 Å². The Kier molecular flexibility index (Phi) is 6.65. The Hall–Kier alpha value is -5.05. The number of hydrogen-bond donors (Lipinski definition) is 2. The summed E-state index contributed by atoms with van der Waals surface area (Å²) in [6.07, 6.45) is 10.0. The fourth-order valence-electron chi connectivity index (χ4n) is 6.09. The van der Waals surface area contributed by atoms with Crippen LogP contribution >= 0.6 is 0 Å². The summed E-state index contributed by atoms with van der Waals surface area (Å²) in [5, 5.41) is 10.2. The third-order valence-electron chi connectivity index (χ3n) is 8.26. The van der Waals surface area contributed by atoms with Gasteiger partial charge in [-0.2, -0.15) is 0 Å². The van der Waals surface area contributed by atoms with E-state index in [1.165, 1.54) is 18.4 Å². The second-order valence-electron chi connectivity index (χ2n) is 11.3. The van der Waals surface area contributed by atoms with Gasteiger partial charge in [0.25, 0.3) is 0 Å². The highest BCUT2D eigenvalue weighted by molar-refractivity contribution is 5.86. The van der Waals surface area contributed by atoms with Crippen LogP contribution in [0.15, 0.2) is 76.3 Å². The Labute approximate surface area is 247 Å². The number of hydrogen-bond acceptors (Lipinski definition) is 6. The van der Waals surface area contributed by atoms with E-state index in [2.05, 4.69) is 48.6 Å². The van der Waals surface area contributed by atoms with Crippen LogP contribution in [-0.4, -0.2) is 30.2 Å². The molecule has 0 amide bonds. The maximum atomic E-state index is 13.4. The first-order valence-corrected chi connectivity index (χ1v) is 14.4. The second kappa shape index (κ2) is 10.7. The first-order valence-electron chi connectivity index (χ1n) is 14.4. The monoisotopic (exact) mass is 574 g/mol.